The van der Waals surface area contributed by atoms with Crippen molar-refractivity contribution in [3.8, 4) is 0 Å². The van der Waals surface area contributed by atoms with Crippen LogP contribution in [0.3, 0.4) is 0 Å². The second kappa shape index (κ2) is 8.07. The summed E-state index contributed by atoms with van der Waals surface area (Å²) in [4.78, 5) is 0. The molecule has 0 aromatic rings. The minimum Gasteiger partial charge on any atom is -0.396 e. The fourth-order valence-electron chi connectivity index (χ4n) is 2.04. The third-order valence-corrected chi connectivity index (χ3v) is 3.34. The van der Waals surface area contributed by atoms with Gasteiger partial charge >= 0.3 is 0 Å². The van der Waals surface area contributed by atoms with Crippen molar-refractivity contribution < 1.29 is 24.8 Å². The average molecular weight is 262 g/mol. The van der Waals surface area contributed by atoms with Gasteiger partial charge < -0.3 is 24.8 Å². The number of unbranched alkanes of at least 4 members (excludes halogenated alkanes) is 1. The maximum absolute atomic E-state index is 9.74. The zero-order valence-electron chi connectivity index (χ0n) is 11.3. The maximum atomic E-state index is 9.74. The molecule has 1 fully saturated rings. The largest absolute Gasteiger partial charge is 0.396 e. The second-order valence-corrected chi connectivity index (χ2v) is 5.24. The molecule has 5 atom stereocenters. The summed E-state index contributed by atoms with van der Waals surface area (Å²) in [5.41, 5.74) is 0. The highest BCUT2D eigenvalue weighted by molar-refractivity contribution is 4.78. The number of aliphatic hydroxyl groups is 3. The lowest BCUT2D eigenvalue weighted by Gasteiger charge is -2.35. The molecule has 0 spiro atoms. The van der Waals surface area contributed by atoms with Crippen LogP contribution < -0.4 is 0 Å². The molecule has 0 bridgehead atoms. The Labute approximate surface area is 109 Å². The monoisotopic (exact) mass is 262 g/mol. The molecule has 3 N–H and O–H groups in total. The van der Waals surface area contributed by atoms with E-state index in [1.54, 1.807) is 6.92 Å². The van der Waals surface area contributed by atoms with Crippen LogP contribution in [-0.2, 0) is 9.47 Å². The average Bonchev–Trinajstić information content (AvgIpc) is 2.32. The molecule has 1 aliphatic rings. The van der Waals surface area contributed by atoms with Crippen molar-refractivity contribution in [3.63, 3.8) is 0 Å². The predicted octanol–water partition coefficient (Wildman–Crippen LogP) is 0.658. The normalized spacial score (nSPS) is 34.5. The molecule has 0 aromatic carbocycles. The first kappa shape index (κ1) is 15.9. The number of hydrogen-bond acceptors (Lipinski definition) is 5. The maximum Gasteiger partial charge on any atom is 0.183 e. The van der Waals surface area contributed by atoms with Crippen LogP contribution in [0.2, 0.25) is 0 Å². The molecule has 0 radical (unpaired) electrons. The first-order chi connectivity index (χ1) is 8.54. The lowest BCUT2D eigenvalue weighted by atomic mass is 10.0. The first-order valence-corrected chi connectivity index (χ1v) is 6.78. The first-order valence-electron chi connectivity index (χ1n) is 6.78. The molecule has 0 aliphatic carbocycles. The fraction of sp³-hybridized carbons (Fsp3) is 1.00. The smallest absolute Gasteiger partial charge is 0.183 e. The summed E-state index contributed by atoms with van der Waals surface area (Å²) in [5.74, 6) is 0.370. The minimum atomic E-state index is -0.763. The Bertz CT molecular complexity index is 223. The molecule has 0 unspecified atom stereocenters. The van der Waals surface area contributed by atoms with Crippen LogP contribution in [0.15, 0.2) is 0 Å². The molecule has 108 valence electrons. The van der Waals surface area contributed by atoms with Crippen LogP contribution in [0.5, 0.6) is 0 Å². The van der Waals surface area contributed by atoms with Gasteiger partial charge in [-0.25, -0.2) is 0 Å². The topological polar surface area (TPSA) is 79.2 Å². The second-order valence-electron chi connectivity index (χ2n) is 5.24. The molecule has 5 nitrogen and oxygen atoms in total. The third-order valence-electron chi connectivity index (χ3n) is 3.34. The molecular formula is C13H26O5. The molecular weight excluding hydrogens is 236 g/mol. The van der Waals surface area contributed by atoms with E-state index in [0.29, 0.717) is 18.9 Å². The summed E-state index contributed by atoms with van der Waals surface area (Å²) in [6.07, 6.45) is 0.751. The van der Waals surface area contributed by atoms with Crippen LogP contribution in [0, 0.1) is 5.92 Å². The van der Waals surface area contributed by atoms with Crippen LogP contribution in [0.4, 0.5) is 0 Å². The van der Waals surface area contributed by atoms with Gasteiger partial charge in [0, 0.05) is 13.0 Å². The summed E-state index contributed by atoms with van der Waals surface area (Å²) in [7, 11) is 0. The van der Waals surface area contributed by atoms with Crippen molar-refractivity contribution in [1.82, 2.24) is 0 Å². The van der Waals surface area contributed by atoms with E-state index < -0.39 is 18.5 Å². The van der Waals surface area contributed by atoms with Crippen molar-refractivity contribution in [3.05, 3.63) is 0 Å². The van der Waals surface area contributed by atoms with Crippen molar-refractivity contribution in [2.24, 2.45) is 5.92 Å². The molecule has 0 aromatic heterocycles. The Hall–Kier alpha value is -0.200. The SMILES string of the molecule is C[C@H](CCCCO)CO[C@@H]1O[C@@H](C)[C@H](O)C[C@H]1O. The summed E-state index contributed by atoms with van der Waals surface area (Å²) >= 11 is 0. The van der Waals surface area contributed by atoms with Crippen molar-refractivity contribution >= 4 is 0 Å². The van der Waals surface area contributed by atoms with Crippen LogP contribution in [0.25, 0.3) is 0 Å². The number of ether oxygens (including phenoxy) is 2. The van der Waals surface area contributed by atoms with Gasteiger partial charge in [-0.1, -0.05) is 13.3 Å². The summed E-state index contributed by atoms with van der Waals surface area (Å²) in [6.45, 7) is 4.60. The zero-order valence-corrected chi connectivity index (χ0v) is 11.3. The number of rotatable bonds is 7. The van der Waals surface area contributed by atoms with E-state index in [0.717, 1.165) is 19.3 Å². The van der Waals surface area contributed by atoms with E-state index in [1.807, 2.05) is 0 Å². The van der Waals surface area contributed by atoms with Gasteiger partial charge in [0.05, 0.1) is 18.8 Å². The number of hydrogen-bond donors (Lipinski definition) is 3. The van der Waals surface area contributed by atoms with Gasteiger partial charge in [0.15, 0.2) is 6.29 Å². The molecule has 1 rings (SSSR count). The third kappa shape index (κ3) is 5.20. The molecule has 18 heavy (non-hydrogen) atoms. The van der Waals surface area contributed by atoms with E-state index >= 15 is 0 Å². The van der Waals surface area contributed by atoms with Crippen molar-refractivity contribution in [2.45, 2.75) is 64.1 Å². The minimum absolute atomic E-state index is 0.230. The Morgan fingerprint density at radius 3 is 2.67 bits per heavy atom. The highest BCUT2D eigenvalue weighted by Gasteiger charge is 2.34. The lowest BCUT2D eigenvalue weighted by molar-refractivity contribution is -0.263. The van der Waals surface area contributed by atoms with Crippen LogP contribution >= 0.6 is 0 Å². The van der Waals surface area contributed by atoms with Crippen LogP contribution in [0.1, 0.15) is 39.5 Å². The lowest BCUT2D eigenvalue weighted by Crippen LogP contribution is -2.47. The molecule has 5 heteroatoms. The van der Waals surface area contributed by atoms with Crippen LogP contribution in [-0.4, -0.2) is 53.1 Å². The molecule has 0 amide bonds. The van der Waals surface area contributed by atoms with E-state index in [1.165, 1.54) is 0 Å². The number of aliphatic hydroxyl groups excluding tert-OH is 3. The molecule has 0 saturated carbocycles. The van der Waals surface area contributed by atoms with Crippen molar-refractivity contribution in [2.75, 3.05) is 13.2 Å². The van der Waals surface area contributed by atoms with Gasteiger partial charge in [-0.15, -0.1) is 0 Å². The Morgan fingerprint density at radius 1 is 1.28 bits per heavy atom. The zero-order chi connectivity index (χ0) is 13.5. The molecule has 1 aliphatic heterocycles. The summed E-state index contributed by atoms with van der Waals surface area (Å²) in [5, 5.41) is 28.0. The summed E-state index contributed by atoms with van der Waals surface area (Å²) in [6, 6.07) is 0. The fourth-order valence-corrected chi connectivity index (χ4v) is 2.04. The van der Waals surface area contributed by atoms with Gasteiger partial charge in [-0.05, 0) is 25.7 Å². The highest BCUT2D eigenvalue weighted by Crippen LogP contribution is 2.22. The van der Waals surface area contributed by atoms with Gasteiger partial charge in [0.25, 0.3) is 0 Å². The summed E-state index contributed by atoms with van der Waals surface area (Å²) < 4.78 is 11.0. The van der Waals surface area contributed by atoms with Gasteiger partial charge in [-0.2, -0.15) is 0 Å². The Balaban J connectivity index is 2.21. The quantitative estimate of drug-likeness (QED) is 0.587. The van der Waals surface area contributed by atoms with Crippen molar-refractivity contribution in [1.29, 1.82) is 0 Å². The molecule has 1 heterocycles. The van der Waals surface area contributed by atoms with E-state index in [9.17, 15) is 10.2 Å². The standard InChI is InChI=1S/C13H26O5/c1-9(5-3-4-6-14)8-17-13-12(16)7-11(15)10(2)18-13/h9-16H,3-8H2,1-2H3/t9-,10+,11-,12-,13-/m1/s1. The van der Waals surface area contributed by atoms with Gasteiger partial charge in [-0.3, -0.25) is 0 Å². The highest BCUT2D eigenvalue weighted by atomic mass is 16.7. The van der Waals surface area contributed by atoms with E-state index in [-0.39, 0.29) is 12.7 Å². The Morgan fingerprint density at radius 2 is 2.00 bits per heavy atom. The van der Waals surface area contributed by atoms with E-state index in [2.05, 4.69) is 6.92 Å². The Kier molecular flexibility index (Phi) is 7.11. The molecule has 1 saturated heterocycles. The van der Waals surface area contributed by atoms with Gasteiger partial charge in [0.2, 0.25) is 0 Å². The van der Waals surface area contributed by atoms with Gasteiger partial charge in [0.1, 0.15) is 6.10 Å². The van der Waals surface area contributed by atoms with E-state index in [4.69, 9.17) is 14.6 Å². The predicted molar refractivity (Wildman–Crippen MR) is 67.0 cm³/mol.